The summed E-state index contributed by atoms with van der Waals surface area (Å²) in [7, 11) is 3.20. The molecule has 64 heavy (non-hydrogen) atoms. The van der Waals surface area contributed by atoms with E-state index in [1.54, 1.807) is 34.1 Å². The van der Waals surface area contributed by atoms with Crippen LogP contribution in [0.3, 0.4) is 0 Å². The molecule has 0 radical (unpaired) electrons. The summed E-state index contributed by atoms with van der Waals surface area (Å²) in [5.74, 6) is -3.92. The van der Waals surface area contributed by atoms with Crippen molar-refractivity contribution in [2.45, 2.75) is 199 Å². The topological polar surface area (TPSA) is 185 Å². The lowest BCUT2D eigenvalue weighted by molar-refractivity contribution is -0.266. The number of epoxide rings is 1. The van der Waals surface area contributed by atoms with E-state index in [0.29, 0.717) is 57.1 Å². The van der Waals surface area contributed by atoms with Crippen LogP contribution in [0, 0.1) is 35.5 Å². The third-order valence-electron chi connectivity index (χ3n) is 14.9. The Morgan fingerprint density at radius 3 is 2.31 bits per heavy atom. The lowest BCUT2D eigenvalue weighted by Gasteiger charge is -2.41. The number of ether oxygens (including phenoxy) is 5. The van der Waals surface area contributed by atoms with Gasteiger partial charge in [-0.2, -0.15) is 0 Å². The van der Waals surface area contributed by atoms with Crippen molar-refractivity contribution in [2.24, 2.45) is 35.5 Å². The van der Waals surface area contributed by atoms with Crippen LogP contribution in [0.4, 0.5) is 0 Å². The minimum absolute atomic E-state index is 0.0243. The minimum Gasteiger partial charge on any atom is -0.460 e. The van der Waals surface area contributed by atoms with Crippen molar-refractivity contribution in [3.63, 3.8) is 0 Å². The predicted octanol–water partition coefficient (Wildman–Crippen LogP) is 6.55. The maximum Gasteiger partial charge on any atom is 0.323 e. The predicted molar refractivity (Wildman–Crippen MR) is 244 cm³/mol. The van der Waals surface area contributed by atoms with Gasteiger partial charge in [0.2, 0.25) is 11.6 Å². The molecule has 4 heterocycles. The number of rotatable bonds is 5. The highest BCUT2D eigenvalue weighted by atomic mass is 16.7. The molecule has 0 amide bonds. The van der Waals surface area contributed by atoms with Crippen LogP contribution in [0.5, 0.6) is 0 Å². The minimum atomic E-state index is -2.12. The molecule has 13 nitrogen and oxygen atoms in total. The molecule has 4 aliphatic heterocycles. The average molecular weight is 900 g/mol. The van der Waals surface area contributed by atoms with Crippen LogP contribution < -0.4 is 0 Å². The van der Waals surface area contributed by atoms with Crippen molar-refractivity contribution in [2.75, 3.05) is 20.8 Å². The molecule has 13 heteroatoms. The maximum absolute atomic E-state index is 14.4. The highest BCUT2D eigenvalue weighted by Gasteiger charge is 2.61. The fraction of sp³-hybridized carbons (Fsp3) is 0.784. The molecule has 3 unspecified atom stereocenters. The van der Waals surface area contributed by atoms with E-state index >= 15 is 0 Å². The fourth-order valence-corrected chi connectivity index (χ4v) is 10.6. The van der Waals surface area contributed by atoms with E-state index in [1.165, 1.54) is 0 Å². The number of aliphatic hydroxyl groups is 4. The van der Waals surface area contributed by atoms with Crippen LogP contribution >= 0.6 is 0 Å². The van der Waals surface area contributed by atoms with Gasteiger partial charge in [0.05, 0.1) is 30.5 Å². The van der Waals surface area contributed by atoms with Gasteiger partial charge in [-0.15, -0.1) is 0 Å². The zero-order chi connectivity index (χ0) is 46.9. The standard InChI is InChI=1S/C51H81NO12/c1-30-15-11-10-12-16-32(3)41(54)28-38-20-18-36(7)51(59,64-38)48(57)47-49(63-47)52-22-14-13-17-39(52)50(58)62-43(34(5)26-37-19-21-40(53)44(27-37)60-8)29-42(55)33(4)25-35(6)46(56)45(61-9)24-31(2)23-30/h10-12,15-16,25,30-31,33-34,36-41,43-47,49,53-54,56,59H,13-14,17-24,26-29H2,1-9H3/b12-10+,15-11+,32-16+,35-25+/t30-,31-,33-,34-,36-,37?,38+,39+,40-,41+,43+,44-,45+,46-,47?,49?,51-/m1/s1. The van der Waals surface area contributed by atoms with Crippen molar-refractivity contribution in [1.82, 2.24) is 4.90 Å². The summed E-state index contributed by atoms with van der Waals surface area (Å²) in [6.45, 7) is 14.0. The summed E-state index contributed by atoms with van der Waals surface area (Å²) in [6, 6.07) is -0.725. The molecular weight excluding hydrogens is 819 g/mol. The van der Waals surface area contributed by atoms with Crippen molar-refractivity contribution < 1.29 is 58.5 Å². The second kappa shape index (κ2) is 23.9. The molecule has 0 aromatic rings. The molecule has 1 saturated carbocycles. The van der Waals surface area contributed by atoms with Gasteiger partial charge in [-0.05, 0) is 113 Å². The number of ketones is 2. The summed E-state index contributed by atoms with van der Waals surface area (Å²) >= 11 is 0. The molecule has 0 aromatic heterocycles. The molecule has 17 atom stereocenters. The van der Waals surface area contributed by atoms with E-state index in [2.05, 4.69) is 19.9 Å². The lowest BCUT2D eigenvalue weighted by atomic mass is 9.78. The molecule has 5 aliphatic rings. The number of aliphatic hydroxyl groups excluding tert-OH is 3. The van der Waals surface area contributed by atoms with Gasteiger partial charge < -0.3 is 44.1 Å². The van der Waals surface area contributed by atoms with Crippen LogP contribution in [0.15, 0.2) is 47.6 Å². The summed E-state index contributed by atoms with van der Waals surface area (Å²) in [5.41, 5.74) is 1.37. The third kappa shape index (κ3) is 13.8. The molecular formula is C51H81NO12. The number of cyclic esters (lactones) is 1. The SMILES string of the molecule is CO[C@H]1C[C@H](C)C[C@H](C)/C=C/C=C/C=C(\C)[C@@H](O)C[C@@H]2CC[C@@H](C)[C@@](O)(O2)C(=O)C2OC2N2CCCC[C@H]2C(=O)O[C@H]([C@H](C)CC2CC[C@@H](O)[C@H](OC)C2)CC(=O)[C@H](C)/C=C(\C)[C@H]1O. The number of hydrogen-bond acceptors (Lipinski definition) is 13. The van der Waals surface area contributed by atoms with E-state index in [9.17, 15) is 34.8 Å². The first kappa shape index (κ1) is 52.4. The number of piperidine rings is 1. The Labute approximate surface area is 382 Å². The van der Waals surface area contributed by atoms with E-state index < -0.39 is 84.4 Å². The number of Topliss-reactive ketones (excluding diaryl/α,β-unsaturated/α-hetero) is 2. The van der Waals surface area contributed by atoms with E-state index in [0.717, 1.165) is 31.3 Å². The molecule has 0 spiro atoms. The first-order valence-corrected chi connectivity index (χ1v) is 24.2. The van der Waals surface area contributed by atoms with Gasteiger partial charge in [0, 0.05) is 45.4 Å². The van der Waals surface area contributed by atoms with Crippen LogP contribution in [0.2, 0.25) is 0 Å². The Kier molecular flexibility index (Phi) is 19.6. The van der Waals surface area contributed by atoms with Gasteiger partial charge in [0.25, 0.3) is 0 Å². The van der Waals surface area contributed by atoms with E-state index in [4.69, 9.17) is 23.7 Å². The van der Waals surface area contributed by atoms with Crippen LogP contribution in [0.1, 0.15) is 132 Å². The first-order valence-electron chi connectivity index (χ1n) is 24.2. The number of nitrogens with zero attached hydrogens (tertiary/aromatic N) is 1. The van der Waals surface area contributed by atoms with Gasteiger partial charge in [0.1, 0.15) is 30.3 Å². The molecule has 5 rings (SSSR count). The van der Waals surface area contributed by atoms with Gasteiger partial charge in [-0.1, -0.05) is 77.5 Å². The van der Waals surface area contributed by atoms with Gasteiger partial charge in [-0.25, -0.2) is 0 Å². The zero-order valence-electron chi connectivity index (χ0n) is 40.1. The van der Waals surface area contributed by atoms with Gasteiger partial charge in [0.15, 0.2) is 6.10 Å². The number of carbonyl (C=O) groups is 3. The molecule has 3 saturated heterocycles. The molecule has 4 fully saturated rings. The van der Waals surface area contributed by atoms with E-state index in [1.807, 2.05) is 50.0 Å². The van der Waals surface area contributed by atoms with Crippen LogP contribution in [-0.2, 0) is 38.1 Å². The normalized spacial score (nSPS) is 44.1. The summed E-state index contributed by atoms with van der Waals surface area (Å²) in [5, 5.41) is 45.0. The number of methoxy groups -OCH3 is 2. The smallest absolute Gasteiger partial charge is 0.323 e. The van der Waals surface area contributed by atoms with Crippen molar-refractivity contribution >= 4 is 17.5 Å². The Morgan fingerprint density at radius 1 is 0.859 bits per heavy atom. The third-order valence-corrected chi connectivity index (χ3v) is 14.9. The highest BCUT2D eigenvalue weighted by molar-refractivity contribution is 5.92. The van der Waals surface area contributed by atoms with Crippen LogP contribution in [0.25, 0.3) is 0 Å². The number of allylic oxidation sites excluding steroid dienone is 6. The summed E-state index contributed by atoms with van der Waals surface area (Å²) in [4.78, 5) is 44.5. The Balaban J connectivity index is 1.41. The first-order chi connectivity index (χ1) is 30.4. The number of esters is 1. The lowest BCUT2D eigenvalue weighted by Crippen LogP contribution is -2.56. The Bertz CT molecular complexity index is 1680. The fourth-order valence-electron chi connectivity index (χ4n) is 10.6. The second-order valence-corrected chi connectivity index (χ2v) is 20.3. The number of fused-ring (bicyclic) bond motifs is 5. The van der Waals surface area contributed by atoms with E-state index in [-0.39, 0.29) is 48.4 Å². The Morgan fingerprint density at radius 2 is 1.59 bits per heavy atom. The number of hydrogen-bond donors (Lipinski definition) is 4. The van der Waals surface area contributed by atoms with Crippen molar-refractivity contribution in [3.05, 3.63) is 47.6 Å². The van der Waals surface area contributed by atoms with Gasteiger partial charge >= 0.3 is 5.97 Å². The highest BCUT2D eigenvalue weighted by Crippen LogP contribution is 2.42. The monoisotopic (exact) mass is 900 g/mol. The van der Waals surface area contributed by atoms with Crippen molar-refractivity contribution in [3.8, 4) is 0 Å². The average Bonchev–Trinajstić information content (AvgIpc) is 4.07. The second-order valence-electron chi connectivity index (χ2n) is 20.3. The zero-order valence-corrected chi connectivity index (χ0v) is 40.1. The number of carbonyl (C=O) groups excluding carboxylic acids is 3. The maximum atomic E-state index is 14.4. The summed E-state index contributed by atoms with van der Waals surface area (Å²) < 4.78 is 30.0. The largest absolute Gasteiger partial charge is 0.460 e. The quantitative estimate of drug-likeness (QED) is 0.133. The molecule has 2 bridgehead atoms. The summed E-state index contributed by atoms with van der Waals surface area (Å²) in [6.07, 6.45) is 13.0. The van der Waals surface area contributed by atoms with Gasteiger partial charge in [-0.3, -0.25) is 19.3 Å². The molecule has 362 valence electrons. The molecule has 0 aromatic carbocycles. The molecule has 1 aliphatic carbocycles. The van der Waals surface area contributed by atoms with Crippen LogP contribution in [-0.4, -0.2) is 131 Å². The Hall–Kier alpha value is -2.59. The molecule has 4 N–H and O–H groups in total. The van der Waals surface area contributed by atoms with Crippen molar-refractivity contribution in [1.29, 1.82) is 0 Å².